The van der Waals surface area contributed by atoms with Crippen molar-refractivity contribution < 1.29 is 28.3 Å². The number of imide groups is 1. The summed E-state index contributed by atoms with van der Waals surface area (Å²) in [6.07, 6.45) is -1.35. The number of urea groups is 1. The molecule has 4 amide bonds. The lowest BCUT2D eigenvalue weighted by atomic mass is 10.2. The first-order chi connectivity index (χ1) is 13.8. The predicted octanol–water partition coefficient (Wildman–Crippen LogP) is 1.56. The highest BCUT2D eigenvalue weighted by Gasteiger charge is 2.31. The summed E-state index contributed by atoms with van der Waals surface area (Å²) < 4.78 is 18.7. The highest BCUT2D eigenvalue weighted by atomic mass is 32.1. The number of ether oxygens (including phenoxy) is 1. The van der Waals surface area contributed by atoms with E-state index in [0.717, 1.165) is 16.2 Å². The van der Waals surface area contributed by atoms with Crippen molar-refractivity contribution in [1.29, 1.82) is 0 Å². The van der Waals surface area contributed by atoms with Crippen LogP contribution in [0.15, 0.2) is 29.6 Å². The molecule has 2 N–H and O–H groups in total. The Kier molecular flexibility index (Phi) is 6.17. The van der Waals surface area contributed by atoms with Crippen LogP contribution < -0.4 is 10.6 Å². The van der Waals surface area contributed by atoms with Crippen LogP contribution in [0.25, 0.3) is 0 Å². The quantitative estimate of drug-likeness (QED) is 0.685. The Morgan fingerprint density at radius 3 is 2.83 bits per heavy atom. The maximum Gasteiger partial charge on any atom is 0.324 e. The summed E-state index contributed by atoms with van der Waals surface area (Å²) in [6, 6.07) is 5.01. The summed E-state index contributed by atoms with van der Waals surface area (Å²) in [4.78, 5) is 52.8. The van der Waals surface area contributed by atoms with Crippen molar-refractivity contribution >= 4 is 40.3 Å². The molecule has 9 nitrogen and oxygen atoms in total. The zero-order chi connectivity index (χ0) is 21.0. The van der Waals surface area contributed by atoms with E-state index in [1.165, 1.54) is 31.2 Å². The van der Waals surface area contributed by atoms with Crippen LogP contribution in [0.5, 0.6) is 0 Å². The summed E-state index contributed by atoms with van der Waals surface area (Å²) in [5, 5.41) is 6.69. The second-order valence-corrected chi connectivity index (χ2v) is 6.97. The van der Waals surface area contributed by atoms with Gasteiger partial charge >= 0.3 is 12.0 Å². The van der Waals surface area contributed by atoms with Gasteiger partial charge in [0.25, 0.3) is 11.8 Å². The molecule has 29 heavy (non-hydrogen) atoms. The number of halogens is 1. The number of aromatic nitrogens is 1. The SMILES string of the molecule is C[C@@H](OC(=O)Cc1csc(NC(=O)c2ccccc2F)n1)C(=O)N1CCNC1=O. The van der Waals surface area contributed by atoms with Gasteiger partial charge in [0.05, 0.1) is 17.7 Å². The highest BCUT2D eigenvalue weighted by Crippen LogP contribution is 2.18. The number of carbonyl (C=O) groups excluding carboxylic acids is 4. The molecule has 1 saturated heterocycles. The molecule has 2 aromatic rings. The van der Waals surface area contributed by atoms with Gasteiger partial charge in [-0.25, -0.2) is 14.2 Å². The van der Waals surface area contributed by atoms with E-state index in [1.54, 1.807) is 5.38 Å². The summed E-state index contributed by atoms with van der Waals surface area (Å²) in [5.41, 5.74) is 0.198. The lowest BCUT2D eigenvalue weighted by Crippen LogP contribution is -2.42. The van der Waals surface area contributed by atoms with Gasteiger partial charge in [0, 0.05) is 18.5 Å². The minimum Gasteiger partial charge on any atom is -0.452 e. The number of rotatable bonds is 6. The first-order valence-corrected chi connectivity index (χ1v) is 9.52. The van der Waals surface area contributed by atoms with Gasteiger partial charge in [-0.1, -0.05) is 12.1 Å². The molecule has 0 bridgehead atoms. The highest BCUT2D eigenvalue weighted by molar-refractivity contribution is 7.14. The van der Waals surface area contributed by atoms with Gasteiger partial charge in [0.15, 0.2) is 11.2 Å². The maximum atomic E-state index is 13.6. The lowest BCUT2D eigenvalue weighted by molar-refractivity contribution is -0.156. The van der Waals surface area contributed by atoms with Crippen LogP contribution in [0, 0.1) is 5.82 Å². The molecule has 0 aliphatic carbocycles. The van der Waals surface area contributed by atoms with Crippen LogP contribution in [0.1, 0.15) is 23.0 Å². The molecular formula is C18H17FN4O5S. The Hall–Kier alpha value is -3.34. The van der Waals surface area contributed by atoms with Crippen LogP contribution in [-0.2, 0) is 20.7 Å². The molecule has 3 rings (SSSR count). The van der Waals surface area contributed by atoms with Gasteiger partial charge in [-0.05, 0) is 19.1 Å². The van der Waals surface area contributed by atoms with Crippen molar-refractivity contribution in [2.45, 2.75) is 19.4 Å². The smallest absolute Gasteiger partial charge is 0.324 e. The molecule has 1 aliphatic heterocycles. The van der Waals surface area contributed by atoms with E-state index < -0.39 is 35.7 Å². The number of nitrogens with one attached hydrogen (secondary N) is 2. The minimum atomic E-state index is -1.12. The predicted molar refractivity (Wildman–Crippen MR) is 101 cm³/mol. The Labute approximate surface area is 168 Å². The minimum absolute atomic E-state index is 0.123. The number of benzene rings is 1. The molecular weight excluding hydrogens is 403 g/mol. The number of anilines is 1. The standard InChI is InChI=1S/C18H17FN4O5S/c1-10(16(26)23-7-6-20-18(23)27)28-14(24)8-11-9-29-17(21-11)22-15(25)12-4-2-3-5-13(12)19/h2-5,9-10H,6-8H2,1H3,(H,20,27)(H,21,22,25)/t10-/m1/s1. The molecule has 2 heterocycles. The second-order valence-electron chi connectivity index (χ2n) is 6.11. The molecule has 1 aliphatic rings. The zero-order valence-electron chi connectivity index (χ0n) is 15.3. The fraction of sp³-hybridized carbons (Fsp3) is 0.278. The Morgan fingerprint density at radius 1 is 1.38 bits per heavy atom. The van der Waals surface area contributed by atoms with Gasteiger partial charge < -0.3 is 10.1 Å². The summed E-state index contributed by atoms with van der Waals surface area (Å²) in [6.45, 7) is 1.95. The van der Waals surface area contributed by atoms with E-state index in [9.17, 15) is 23.6 Å². The van der Waals surface area contributed by atoms with Crippen molar-refractivity contribution in [2.24, 2.45) is 0 Å². The van der Waals surface area contributed by atoms with Crippen LogP contribution in [-0.4, -0.2) is 52.9 Å². The third-order valence-corrected chi connectivity index (χ3v) is 4.80. The number of esters is 1. The van der Waals surface area contributed by atoms with Gasteiger partial charge in [0.1, 0.15) is 5.82 Å². The normalized spacial score (nSPS) is 14.3. The molecule has 0 saturated carbocycles. The molecule has 152 valence electrons. The number of thiazole rings is 1. The van der Waals surface area contributed by atoms with Crippen LogP contribution >= 0.6 is 11.3 Å². The third-order valence-electron chi connectivity index (χ3n) is 3.99. The number of carbonyl (C=O) groups is 4. The van der Waals surface area contributed by atoms with Crippen molar-refractivity contribution in [2.75, 3.05) is 18.4 Å². The van der Waals surface area contributed by atoms with Gasteiger partial charge in [0.2, 0.25) is 0 Å². The van der Waals surface area contributed by atoms with Gasteiger partial charge in [-0.3, -0.25) is 24.6 Å². The molecule has 1 fully saturated rings. The van der Waals surface area contributed by atoms with E-state index in [2.05, 4.69) is 15.6 Å². The fourth-order valence-corrected chi connectivity index (χ4v) is 3.30. The van der Waals surface area contributed by atoms with Crippen molar-refractivity contribution in [1.82, 2.24) is 15.2 Å². The molecule has 11 heteroatoms. The number of hydrogen-bond acceptors (Lipinski definition) is 7. The van der Waals surface area contributed by atoms with E-state index in [-0.39, 0.29) is 23.7 Å². The average molecular weight is 420 g/mol. The molecule has 1 aromatic carbocycles. The summed E-state index contributed by atoms with van der Waals surface area (Å²) >= 11 is 1.06. The first kappa shape index (κ1) is 20.4. The summed E-state index contributed by atoms with van der Waals surface area (Å²) in [7, 11) is 0. The van der Waals surface area contributed by atoms with Crippen molar-refractivity contribution in [3.8, 4) is 0 Å². The molecule has 1 aromatic heterocycles. The Balaban J connectivity index is 1.53. The Bertz CT molecular complexity index is 963. The average Bonchev–Trinajstić information content (AvgIpc) is 3.29. The zero-order valence-corrected chi connectivity index (χ0v) is 16.1. The maximum absolute atomic E-state index is 13.6. The van der Waals surface area contributed by atoms with Gasteiger partial charge in [-0.2, -0.15) is 0 Å². The topological polar surface area (TPSA) is 118 Å². The van der Waals surface area contributed by atoms with Crippen molar-refractivity contribution in [3.63, 3.8) is 0 Å². The largest absolute Gasteiger partial charge is 0.452 e. The fourth-order valence-electron chi connectivity index (χ4n) is 2.59. The molecule has 0 unspecified atom stereocenters. The Morgan fingerprint density at radius 2 is 2.14 bits per heavy atom. The van der Waals surface area contributed by atoms with E-state index in [0.29, 0.717) is 12.2 Å². The second kappa shape index (κ2) is 8.78. The number of amides is 4. The van der Waals surface area contributed by atoms with E-state index in [1.807, 2.05) is 0 Å². The van der Waals surface area contributed by atoms with E-state index >= 15 is 0 Å². The molecule has 0 radical (unpaired) electrons. The monoisotopic (exact) mass is 420 g/mol. The van der Waals surface area contributed by atoms with Crippen molar-refractivity contribution in [3.05, 3.63) is 46.7 Å². The van der Waals surface area contributed by atoms with Crippen LogP contribution in [0.3, 0.4) is 0 Å². The number of hydrogen-bond donors (Lipinski definition) is 2. The third kappa shape index (κ3) is 4.93. The first-order valence-electron chi connectivity index (χ1n) is 8.64. The number of nitrogens with zero attached hydrogens (tertiary/aromatic N) is 2. The van der Waals surface area contributed by atoms with Crippen LogP contribution in [0.2, 0.25) is 0 Å². The lowest BCUT2D eigenvalue weighted by Gasteiger charge is -2.17. The van der Waals surface area contributed by atoms with Gasteiger partial charge in [-0.15, -0.1) is 11.3 Å². The van der Waals surface area contributed by atoms with E-state index in [4.69, 9.17) is 4.74 Å². The molecule has 0 spiro atoms. The molecule has 1 atom stereocenters. The summed E-state index contributed by atoms with van der Waals surface area (Å²) in [5.74, 6) is -2.63. The van der Waals surface area contributed by atoms with Crippen LogP contribution in [0.4, 0.5) is 14.3 Å².